The van der Waals surface area contributed by atoms with Crippen LogP contribution in [0.4, 0.5) is 0 Å². The Balaban J connectivity index is 2.34. The van der Waals surface area contributed by atoms with E-state index in [9.17, 15) is 13.2 Å². The molecule has 1 aliphatic heterocycles. The molecule has 0 saturated heterocycles. The van der Waals surface area contributed by atoms with Crippen LogP contribution in [0.1, 0.15) is 26.7 Å². The van der Waals surface area contributed by atoms with E-state index < -0.39 is 21.4 Å². The highest BCUT2D eigenvalue weighted by Crippen LogP contribution is 2.37. The van der Waals surface area contributed by atoms with Gasteiger partial charge in [0.2, 0.25) is 5.76 Å². The molecule has 1 fully saturated rings. The van der Waals surface area contributed by atoms with E-state index in [1.54, 1.807) is 13.8 Å². The number of hydrogen-bond donors (Lipinski definition) is 0. The van der Waals surface area contributed by atoms with Gasteiger partial charge in [0.15, 0.2) is 9.84 Å². The third-order valence-electron chi connectivity index (χ3n) is 2.82. The Morgan fingerprint density at radius 2 is 2.00 bits per heavy atom. The SMILES string of the molecule is CC1(C)OC(=O)C(OCC2CC2)=C1S(C)(=O)=O. The maximum Gasteiger partial charge on any atom is 0.375 e. The summed E-state index contributed by atoms with van der Waals surface area (Å²) in [7, 11) is -3.51. The molecule has 0 spiro atoms. The average molecular weight is 260 g/mol. The van der Waals surface area contributed by atoms with Gasteiger partial charge < -0.3 is 9.47 Å². The van der Waals surface area contributed by atoms with Gasteiger partial charge in [-0.1, -0.05) is 0 Å². The molecule has 0 radical (unpaired) electrons. The van der Waals surface area contributed by atoms with Crippen molar-refractivity contribution in [3.63, 3.8) is 0 Å². The Hall–Kier alpha value is -1.04. The van der Waals surface area contributed by atoms with Gasteiger partial charge in [-0.15, -0.1) is 0 Å². The number of hydrogen-bond acceptors (Lipinski definition) is 5. The fourth-order valence-corrected chi connectivity index (χ4v) is 3.33. The summed E-state index contributed by atoms with van der Waals surface area (Å²) in [6.45, 7) is 3.49. The topological polar surface area (TPSA) is 69.7 Å². The van der Waals surface area contributed by atoms with Crippen LogP contribution in [0.2, 0.25) is 0 Å². The fraction of sp³-hybridized carbons (Fsp3) is 0.727. The minimum absolute atomic E-state index is 0.0457. The third kappa shape index (κ3) is 2.46. The largest absolute Gasteiger partial charge is 0.485 e. The second kappa shape index (κ2) is 3.73. The molecule has 0 atom stereocenters. The van der Waals surface area contributed by atoms with Crippen molar-refractivity contribution in [1.29, 1.82) is 0 Å². The van der Waals surface area contributed by atoms with Gasteiger partial charge in [0.05, 0.1) is 6.61 Å². The zero-order valence-electron chi connectivity index (χ0n) is 10.1. The standard InChI is InChI=1S/C11H16O5S/c1-11(2)9(17(3,13)14)8(10(12)16-11)15-6-7-4-5-7/h7H,4-6H2,1-3H3. The van der Waals surface area contributed by atoms with E-state index in [0.29, 0.717) is 12.5 Å². The molecule has 0 amide bonds. The highest BCUT2D eigenvalue weighted by atomic mass is 32.2. The quantitative estimate of drug-likeness (QED) is 0.705. The van der Waals surface area contributed by atoms with Crippen LogP contribution in [-0.4, -0.2) is 32.9 Å². The molecule has 0 aromatic carbocycles. The van der Waals surface area contributed by atoms with Crippen molar-refractivity contribution >= 4 is 15.8 Å². The third-order valence-corrected chi connectivity index (χ3v) is 4.24. The molecule has 1 aliphatic carbocycles. The molecule has 0 aromatic heterocycles. The highest BCUT2D eigenvalue weighted by Gasteiger charge is 2.47. The molecule has 1 heterocycles. The summed E-state index contributed by atoms with van der Waals surface area (Å²) < 4.78 is 33.8. The maximum atomic E-state index is 11.7. The average Bonchev–Trinajstić information content (AvgIpc) is 2.87. The van der Waals surface area contributed by atoms with Crippen LogP contribution in [0.3, 0.4) is 0 Å². The molecule has 2 rings (SSSR count). The Labute approximate surface area is 101 Å². The van der Waals surface area contributed by atoms with Crippen molar-refractivity contribution in [2.24, 2.45) is 5.92 Å². The molecular weight excluding hydrogens is 244 g/mol. The van der Waals surface area contributed by atoms with Crippen molar-refractivity contribution in [1.82, 2.24) is 0 Å². The van der Waals surface area contributed by atoms with Gasteiger partial charge in [0.1, 0.15) is 10.5 Å². The van der Waals surface area contributed by atoms with Crippen molar-refractivity contribution < 1.29 is 22.7 Å². The molecule has 0 aromatic rings. The van der Waals surface area contributed by atoms with Crippen LogP contribution in [0, 0.1) is 5.92 Å². The van der Waals surface area contributed by atoms with E-state index in [0.717, 1.165) is 19.1 Å². The van der Waals surface area contributed by atoms with Crippen LogP contribution >= 0.6 is 0 Å². The van der Waals surface area contributed by atoms with Crippen LogP contribution in [0.5, 0.6) is 0 Å². The van der Waals surface area contributed by atoms with Crippen molar-refractivity contribution in [2.75, 3.05) is 12.9 Å². The van der Waals surface area contributed by atoms with Gasteiger partial charge in [-0.05, 0) is 32.6 Å². The Kier molecular flexibility index (Phi) is 2.72. The van der Waals surface area contributed by atoms with E-state index in [1.165, 1.54) is 0 Å². The van der Waals surface area contributed by atoms with Crippen molar-refractivity contribution in [3.05, 3.63) is 10.7 Å². The Morgan fingerprint density at radius 1 is 1.41 bits per heavy atom. The number of esters is 1. The molecular formula is C11H16O5S. The Morgan fingerprint density at radius 3 is 2.47 bits per heavy atom. The van der Waals surface area contributed by atoms with E-state index >= 15 is 0 Å². The molecule has 6 heteroatoms. The van der Waals surface area contributed by atoms with E-state index in [2.05, 4.69) is 0 Å². The van der Waals surface area contributed by atoms with Crippen LogP contribution < -0.4 is 0 Å². The minimum atomic E-state index is -3.51. The van der Waals surface area contributed by atoms with E-state index in [1.807, 2.05) is 0 Å². The summed E-state index contributed by atoms with van der Waals surface area (Å²) in [6.07, 6.45) is 3.20. The van der Waals surface area contributed by atoms with Crippen LogP contribution in [0.15, 0.2) is 10.7 Å². The predicted molar refractivity (Wildman–Crippen MR) is 60.7 cm³/mol. The van der Waals surface area contributed by atoms with Crippen LogP contribution in [-0.2, 0) is 24.1 Å². The lowest BCUT2D eigenvalue weighted by molar-refractivity contribution is -0.147. The number of rotatable bonds is 4. The second-order valence-corrected chi connectivity index (χ2v) is 7.04. The molecule has 0 unspecified atom stereocenters. The first kappa shape index (κ1) is 12.4. The minimum Gasteiger partial charge on any atom is -0.485 e. The first-order valence-electron chi connectivity index (χ1n) is 5.53. The zero-order chi connectivity index (χ0) is 12.8. The summed E-state index contributed by atoms with van der Waals surface area (Å²) in [5.74, 6) is -0.375. The fourth-order valence-electron chi connectivity index (χ4n) is 1.92. The normalized spacial score (nSPS) is 23.8. The zero-order valence-corrected chi connectivity index (χ0v) is 11.0. The van der Waals surface area contributed by atoms with Gasteiger partial charge in [-0.3, -0.25) is 0 Å². The first-order valence-corrected chi connectivity index (χ1v) is 7.42. The van der Waals surface area contributed by atoms with Gasteiger partial charge >= 0.3 is 5.97 Å². The molecule has 1 saturated carbocycles. The lowest BCUT2D eigenvalue weighted by atomic mass is 10.1. The van der Waals surface area contributed by atoms with Gasteiger partial charge in [0, 0.05) is 6.26 Å². The number of sulfone groups is 1. The predicted octanol–water partition coefficient (Wildman–Crippen LogP) is 1.00. The molecule has 5 nitrogen and oxygen atoms in total. The van der Waals surface area contributed by atoms with Gasteiger partial charge in [-0.25, -0.2) is 13.2 Å². The summed E-state index contributed by atoms with van der Waals surface area (Å²) >= 11 is 0. The number of carbonyl (C=O) groups excluding carboxylic acids is 1. The molecule has 17 heavy (non-hydrogen) atoms. The molecule has 0 N–H and O–H groups in total. The monoisotopic (exact) mass is 260 g/mol. The summed E-state index contributed by atoms with van der Waals surface area (Å²) in [6, 6.07) is 0. The second-order valence-electron chi connectivity index (χ2n) is 5.08. The number of cyclic esters (lactones) is 1. The van der Waals surface area contributed by atoms with Crippen molar-refractivity contribution in [2.45, 2.75) is 32.3 Å². The highest BCUT2D eigenvalue weighted by molar-refractivity contribution is 7.94. The first-order chi connectivity index (χ1) is 7.72. The number of ether oxygens (including phenoxy) is 2. The van der Waals surface area contributed by atoms with E-state index in [4.69, 9.17) is 9.47 Å². The summed E-state index contributed by atoms with van der Waals surface area (Å²) in [4.78, 5) is 11.6. The lowest BCUT2D eigenvalue weighted by Gasteiger charge is -2.18. The maximum absolute atomic E-state index is 11.7. The van der Waals surface area contributed by atoms with Gasteiger partial charge in [-0.2, -0.15) is 0 Å². The smallest absolute Gasteiger partial charge is 0.375 e. The lowest BCUT2D eigenvalue weighted by Crippen LogP contribution is -2.27. The molecule has 0 bridgehead atoms. The van der Waals surface area contributed by atoms with Crippen molar-refractivity contribution in [3.8, 4) is 0 Å². The Bertz CT molecular complexity index is 482. The number of carbonyl (C=O) groups is 1. The van der Waals surface area contributed by atoms with Gasteiger partial charge in [0.25, 0.3) is 0 Å². The van der Waals surface area contributed by atoms with E-state index in [-0.39, 0.29) is 10.7 Å². The summed E-state index contributed by atoms with van der Waals surface area (Å²) in [5, 5.41) is 0. The summed E-state index contributed by atoms with van der Waals surface area (Å²) in [5.41, 5.74) is -1.14. The van der Waals surface area contributed by atoms with Crippen LogP contribution in [0.25, 0.3) is 0 Å². The molecule has 96 valence electrons. The molecule has 2 aliphatic rings.